The highest BCUT2D eigenvalue weighted by Gasteiger charge is 2.18. The molecule has 0 atom stereocenters. The molecule has 0 aliphatic carbocycles. The van der Waals surface area contributed by atoms with E-state index in [1.807, 2.05) is 53.7 Å². The number of nitrogens with zero attached hydrogens (tertiary/aromatic N) is 1. The SMILES string of the molecule is C/C=C\C.C=CC=C.CC.CC.CCCCc1ccc(-c2cccc(-c3cccc(-c4cccc(-c5ccc6oc7c(-c8ccc9c(c8)c8ccc(-c%10ccccc%10)cc8n9-c8ccccc8)cccc7c6c5)c4)c3)c2)cc1. The van der Waals surface area contributed by atoms with E-state index in [0.717, 1.165) is 50.7 Å². The van der Waals surface area contributed by atoms with Gasteiger partial charge in [0.05, 0.1) is 11.0 Å². The molecule has 2 nitrogen and oxygen atoms in total. The molecule has 0 amide bonds. The minimum Gasteiger partial charge on any atom is -0.455 e. The van der Waals surface area contributed by atoms with E-state index in [2.05, 4.69) is 255 Å². The minimum atomic E-state index is 0.884. The molecular weight excluding hydrogens is 943 g/mol. The molecule has 0 aliphatic heterocycles. The van der Waals surface area contributed by atoms with E-state index in [0.29, 0.717) is 0 Å². The lowest BCUT2D eigenvalue weighted by Crippen LogP contribution is -1.93. The van der Waals surface area contributed by atoms with Crippen LogP contribution in [0.2, 0.25) is 0 Å². The first-order valence-corrected chi connectivity index (χ1v) is 27.8. The Morgan fingerprint density at radius 1 is 0.385 bits per heavy atom. The van der Waals surface area contributed by atoms with Gasteiger partial charge in [-0.2, -0.15) is 0 Å². The Hall–Kier alpha value is -8.98. The molecule has 388 valence electrons. The summed E-state index contributed by atoms with van der Waals surface area (Å²) in [6.07, 6.45) is 10.9. The maximum atomic E-state index is 6.77. The van der Waals surface area contributed by atoms with Gasteiger partial charge in [0.1, 0.15) is 11.2 Å². The molecule has 12 rings (SSSR count). The summed E-state index contributed by atoms with van der Waals surface area (Å²) in [6, 6.07) is 84.1. The molecule has 12 aromatic rings. The number of aryl methyl sites for hydroxylation is 1. The Balaban J connectivity index is 0.000000616. The number of hydrogen-bond acceptors (Lipinski definition) is 1. The lowest BCUT2D eigenvalue weighted by molar-refractivity contribution is 0.670. The van der Waals surface area contributed by atoms with Crippen LogP contribution in [0.1, 0.15) is 66.9 Å². The van der Waals surface area contributed by atoms with E-state index in [-0.39, 0.29) is 0 Å². The van der Waals surface area contributed by atoms with Gasteiger partial charge in [-0.25, -0.2) is 0 Å². The summed E-state index contributed by atoms with van der Waals surface area (Å²) in [5.41, 5.74) is 21.0. The first-order chi connectivity index (χ1) is 38.5. The maximum absolute atomic E-state index is 6.77. The van der Waals surface area contributed by atoms with Crippen molar-refractivity contribution in [3.63, 3.8) is 0 Å². The second kappa shape index (κ2) is 27.2. The van der Waals surface area contributed by atoms with Gasteiger partial charge >= 0.3 is 0 Å². The number of furan rings is 1. The second-order valence-corrected chi connectivity index (χ2v) is 18.7. The second-order valence-electron chi connectivity index (χ2n) is 18.7. The average molecular weight is 1020 g/mol. The maximum Gasteiger partial charge on any atom is 0.143 e. The first kappa shape index (κ1) is 55.3. The van der Waals surface area contributed by atoms with Crippen molar-refractivity contribution in [1.82, 2.24) is 4.57 Å². The summed E-state index contributed by atoms with van der Waals surface area (Å²) in [5.74, 6) is 0. The molecule has 0 unspecified atom stereocenters. The van der Waals surface area contributed by atoms with Gasteiger partial charge in [-0.05, 0) is 154 Å². The zero-order valence-corrected chi connectivity index (χ0v) is 46.6. The van der Waals surface area contributed by atoms with E-state index in [4.69, 9.17) is 4.42 Å². The third-order valence-electron chi connectivity index (χ3n) is 13.9. The third kappa shape index (κ3) is 12.3. The van der Waals surface area contributed by atoms with Crippen molar-refractivity contribution in [2.45, 2.75) is 67.7 Å². The number of fused-ring (bicyclic) bond motifs is 6. The molecule has 0 saturated heterocycles. The van der Waals surface area contributed by atoms with Crippen molar-refractivity contribution in [3.05, 3.63) is 274 Å². The molecule has 0 N–H and O–H groups in total. The van der Waals surface area contributed by atoms with Gasteiger partial charge in [0, 0.05) is 32.8 Å². The molecule has 2 heteroatoms. The molecule has 0 aliphatic rings. The Morgan fingerprint density at radius 2 is 0.846 bits per heavy atom. The fourth-order valence-electron chi connectivity index (χ4n) is 9.94. The van der Waals surface area contributed by atoms with E-state index < -0.39 is 0 Å². The number of benzene rings is 10. The van der Waals surface area contributed by atoms with Gasteiger partial charge in [-0.1, -0.05) is 248 Å². The topological polar surface area (TPSA) is 18.1 Å². The number of unbranched alkanes of at least 4 members (excludes halogenated alkanes) is 1. The zero-order valence-electron chi connectivity index (χ0n) is 46.6. The van der Waals surface area contributed by atoms with Gasteiger partial charge in [0.15, 0.2) is 0 Å². The number of hydrogen-bond donors (Lipinski definition) is 0. The molecule has 0 saturated carbocycles. The quantitative estimate of drug-likeness (QED) is 0.0933. The first-order valence-electron chi connectivity index (χ1n) is 27.8. The highest BCUT2D eigenvalue weighted by atomic mass is 16.3. The third-order valence-corrected chi connectivity index (χ3v) is 13.9. The largest absolute Gasteiger partial charge is 0.455 e. The summed E-state index contributed by atoms with van der Waals surface area (Å²) in [4.78, 5) is 0. The highest BCUT2D eigenvalue weighted by molar-refractivity contribution is 6.14. The standard InChI is InChI=1S/C64H47NO.C4H8.C4H6.2C2H6/c1-2-3-14-43-27-29-45(30-28-43)46-17-10-18-47(37-46)48-19-11-20-49(38-48)50-21-12-22-51(39-50)52-33-36-63-60(40-52)58-26-13-25-56(64(58)66-63)54-32-35-61-59(41-54)57-34-31-53(44-15-6-4-7-16-44)42-62(57)65(61)55-23-8-5-9-24-55;2*1-3-4-2;2*1-2/h4-13,15-42H,2-3,14H2,1H3;3-4H,1-2H3;3-4H,1-2H2;2*1-2H3/b;4-3-;;;. The van der Waals surface area contributed by atoms with Crippen LogP contribution in [0.3, 0.4) is 0 Å². The van der Waals surface area contributed by atoms with Gasteiger partial charge in [0.25, 0.3) is 0 Å². The van der Waals surface area contributed by atoms with Crippen molar-refractivity contribution in [2.75, 3.05) is 0 Å². The van der Waals surface area contributed by atoms with Crippen LogP contribution in [0.25, 0.3) is 116 Å². The van der Waals surface area contributed by atoms with Crippen LogP contribution in [0.4, 0.5) is 0 Å². The van der Waals surface area contributed by atoms with Crippen molar-refractivity contribution in [2.24, 2.45) is 0 Å². The Bertz CT molecular complexity index is 3910. The van der Waals surface area contributed by atoms with Crippen LogP contribution >= 0.6 is 0 Å². The zero-order chi connectivity index (χ0) is 54.8. The van der Waals surface area contributed by atoms with Crippen LogP contribution in [0.15, 0.2) is 272 Å². The van der Waals surface area contributed by atoms with E-state index in [9.17, 15) is 0 Å². The van der Waals surface area contributed by atoms with Crippen LogP contribution in [0, 0.1) is 0 Å². The molecule has 0 spiro atoms. The average Bonchev–Trinajstić information content (AvgIpc) is 4.15. The molecule has 2 heterocycles. The van der Waals surface area contributed by atoms with Gasteiger partial charge in [0.2, 0.25) is 0 Å². The van der Waals surface area contributed by atoms with Crippen LogP contribution < -0.4 is 0 Å². The van der Waals surface area contributed by atoms with Crippen LogP contribution in [-0.4, -0.2) is 4.57 Å². The number of allylic oxidation sites excluding steroid dienone is 4. The van der Waals surface area contributed by atoms with Gasteiger partial charge in [-0.3, -0.25) is 0 Å². The predicted octanol–water partition coefficient (Wildman–Crippen LogP) is 23.0. The summed E-state index contributed by atoms with van der Waals surface area (Å²) in [7, 11) is 0. The normalized spacial score (nSPS) is 10.7. The molecule has 10 aromatic carbocycles. The molecule has 2 aromatic heterocycles. The Labute approximate surface area is 464 Å². The molecular formula is C76H73NO. The predicted molar refractivity (Wildman–Crippen MR) is 343 cm³/mol. The molecule has 0 radical (unpaired) electrons. The fraction of sp³-hybridized carbons (Fsp3) is 0.132. The monoisotopic (exact) mass is 1020 g/mol. The number of rotatable bonds is 11. The molecule has 0 bridgehead atoms. The summed E-state index contributed by atoms with van der Waals surface area (Å²) >= 11 is 0. The van der Waals surface area contributed by atoms with Crippen molar-refractivity contribution in [3.8, 4) is 72.4 Å². The summed E-state index contributed by atoms with van der Waals surface area (Å²) in [6.45, 7) is 21.0. The Kier molecular flexibility index (Phi) is 19.3. The van der Waals surface area contributed by atoms with Gasteiger partial charge in [-0.15, -0.1) is 0 Å². The lowest BCUT2D eigenvalue weighted by Gasteiger charge is -2.10. The van der Waals surface area contributed by atoms with Crippen LogP contribution in [0.5, 0.6) is 0 Å². The van der Waals surface area contributed by atoms with E-state index in [1.54, 1.807) is 12.2 Å². The lowest BCUT2D eigenvalue weighted by atomic mass is 9.94. The number of aromatic nitrogens is 1. The number of para-hydroxylation sites is 2. The van der Waals surface area contributed by atoms with Crippen molar-refractivity contribution in [1.29, 1.82) is 0 Å². The minimum absolute atomic E-state index is 0.884. The molecule has 78 heavy (non-hydrogen) atoms. The van der Waals surface area contributed by atoms with Crippen molar-refractivity contribution >= 4 is 43.7 Å². The Morgan fingerprint density at radius 3 is 1.41 bits per heavy atom. The van der Waals surface area contributed by atoms with Crippen LogP contribution in [-0.2, 0) is 6.42 Å². The smallest absolute Gasteiger partial charge is 0.143 e. The van der Waals surface area contributed by atoms with E-state index >= 15 is 0 Å². The summed E-state index contributed by atoms with van der Waals surface area (Å²) in [5, 5.41) is 4.66. The molecule has 0 fully saturated rings. The summed E-state index contributed by atoms with van der Waals surface area (Å²) < 4.78 is 9.16. The van der Waals surface area contributed by atoms with Crippen molar-refractivity contribution < 1.29 is 4.42 Å². The van der Waals surface area contributed by atoms with E-state index in [1.165, 1.54) is 90.3 Å². The van der Waals surface area contributed by atoms with Gasteiger partial charge < -0.3 is 8.98 Å². The fourth-order valence-corrected chi connectivity index (χ4v) is 9.94. The highest BCUT2D eigenvalue weighted by Crippen LogP contribution is 2.42.